The van der Waals surface area contributed by atoms with E-state index < -0.39 is 11.6 Å². The van der Waals surface area contributed by atoms with E-state index in [0.717, 1.165) is 11.1 Å². The molecule has 0 saturated carbocycles. The molecule has 3 rings (SSSR count). The van der Waals surface area contributed by atoms with E-state index in [-0.39, 0.29) is 5.56 Å². The highest BCUT2D eigenvalue weighted by Gasteiger charge is 2.10. The molecule has 3 heteroatoms. The van der Waals surface area contributed by atoms with E-state index in [0.29, 0.717) is 11.1 Å². The van der Waals surface area contributed by atoms with Crippen LogP contribution in [-0.2, 0) is 0 Å². The van der Waals surface area contributed by atoms with Crippen LogP contribution in [-0.4, -0.2) is 0 Å². The second kappa shape index (κ2) is 6.99. The number of nitrogens with zero attached hydrogens (tertiary/aromatic N) is 1. The van der Waals surface area contributed by atoms with Gasteiger partial charge in [0.15, 0.2) is 6.07 Å². The van der Waals surface area contributed by atoms with Gasteiger partial charge >= 0.3 is 0 Å². The van der Waals surface area contributed by atoms with Crippen molar-refractivity contribution in [3.05, 3.63) is 83.4 Å². The summed E-state index contributed by atoms with van der Waals surface area (Å²) in [5, 5.41) is 8.41. The molecule has 0 aliphatic carbocycles. The molecule has 0 atom stereocenters. The predicted octanol–water partition coefficient (Wildman–Crippen LogP) is 5.48. The van der Waals surface area contributed by atoms with Gasteiger partial charge in [0, 0.05) is 5.92 Å². The number of rotatable bonds is 2. The van der Waals surface area contributed by atoms with Crippen LogP contribution in [0.25, 0.3) is 22.3 Å². The van der Waals surface area contributed by atoms with Crippen LogP contribution in [0.4, 0.5) is 8.78 Å². The van der Waals surface area contributed by atoms with Gasteiger partial charge in [0.2, 0.25) is 0 Å². The molecule has 0 spiro atoms. The Morgan fingerprint density at radius 2 is 1.16 bits per heavy atom. The van der Waals surface area contributed by atoms with E-state index >= 15 is 0 Å². The summed E-state index contributed by atoms with van der Waals surface area (Å²) in [6.07, 6.45) is 0. The molecule has 0 aromatic heterocycles. The smallest absolute Gasteiger partial charge is 0.152 e. The van der Waals surface area contributed by atoms with E-state index in [1.165, 1.54) is 17.7 Å². The van der Waals surface area contributed by atoms with E-state index in [1.54, 1.807) is 6.07 Å². The monoisotopic (exact) mass is 329 g/mol. The molecule has 0 amide bonds. The molecule has 0 radical (unpaired) electrons. The molecule has 0 bridgehead atoms. The van der Waals surface area contributed by atoms with Crippen molar-refractivity contribution in [2.24, 2.45) is 0 Å². The summed E-state index contributed by atoms with van der Waals surface area (Å²) in [6, 6.07) is 19.6. The lowest BCUT2D eigenvalue weighted by Gasteiger charge is -2.07. The standard InChI is InChI=1S/C22H13F2N/c1-15-4-6-16(7-5-15)17-8-10-18(11-9-17)19-13-21(23)20(3-2-12-25)22(24)14-19/h4-11,13-14H,1H3. The van der Waals surface area contributed by atoms with Crippen molar-refractivity contribution in [2.45, 2.75) is 6.92 Å². The van der Waals surface area contributed by atoms with Crippen molar-refractivity contribution >= 4 is 0 Å². The van der Waals surface area contributed by atoms with Gasteiger partial charge in [-0.25, -0.2) is 8.78 Å². The highest BCUT2D eigenvalue weighted by atomic mass is 19.1. The van der Waals surface area contributed by atoms with Gasteiger partial charge in [-0.1, -0.05) is 54.1 Å². The summed E-state index contributed by atoms with van der Waals surface area (Å²) in [4.78, 5) is 0. The van der Waals surface area contributed by atoms with Gasteiger partial charge in [-0.2, -0.15) is 5.26 Å². The third-order valence-electron chi connectivity index (χ3n) is 3.89. The lowest BCUT2D eigenvalue weighted by Crippen LogP contribution is -1.92. The van der Waals surface area contributed by atoms with Crippen LogP contribution < -0.4 is 0 Å². The molecule has 120 valence electrons. The summed E-state index contributed by atoms with van der Waals surface area (Å²) < 4.78 is 28.1. The van der Waals surface area contributed by atoms with Crippen molar-refractivity contribution in [2.75, 3.05) is 0 Å². The Balaban J connectivity index is 1.95. The number of nitriles is 1. The Hall–Kier alpha value is -3.43. The Labute approximate surface area is 145 Å². The zero-order chi connectivity index (χ0) is 17.8. The average molecular weight is 329 g/mol. The quantitative estimate of drug-likeness (QED) is 0.571. The molecule has 0 aliphatic rings. The Morgan fingerprint density at radius 1 is 0.720 bits per heavy atom. The maximum atomic E-state index is 14.1. The summed E-state index contributed by atoms with van der Waals surface area (Å²) in [7, 11) is 0. The Kier molecular flexibility index (Phi) is 4.59. The average Bonchev–Trinajstić information content (AvgIpc) is 2.62. The minimum Gasteiger partial charge on any atom is -0.205 e. The van der Waals surface area contributed by atoms with Gasteiger partial charge in [-0.3, -0.25) is 0 Å². The molecule has 0 fully saturated rings. The van der Waals surface area contributed by atoms with E-state index in [4.69, 9.17) is 5.26 Å². The fourth-order valence-corrected chi connectivity index (χ4v) is 2.55. The molecule has 1 nitrogen and oxygen atoms in total. The summed E-state index contributed by atoms with van der Waals surface area (Å²) in [5.74, 6) is 2.64. The van der Waals surface area contributed by atoms with Gasteiger partial charge in [0.05, 0.1) is 5.56 Å². The molecular formula is C22H13F2N. The molecular weight excluding hydrogens is 316 g/mol. The van der Waals surface area contributed by atoms with Crippen LogP contribution in [0, 0.1) is 41.7 Å². The molecule has 3 aromatic rings. The fraction of sp³-hybridized carbons (Fsp3) is 0.0455. The molecule has 0 saturated heterocycles. The van der Waals surface area contributed by atoms with Crippen molar-refractivity contribution < 1.29 is 8.78 Å². The van der Waals surface area contributed by atoms with E-state index in [9.17, 15) is 8.78 Å². The first-order chi connectivity index (χ1) is 12.1. The zero-order valence-electron chi connectivity index (χ0n) is 13.5. The van der Waals surface area contributed by atoms with Crippen molar-refractivity contribution in [1.82, 2.24) is 0 Å². The maximum Gasteiger partial charge on any atom is 0.152 e. The number of aryl methyl sites for hydroxylation is 1. The van der Waals surface area contributed by atoms with Crippen LogP contribution in [0.15, 0.2) is 60.7 Å². The Bertz CT molecular complexity index is 992. The molecule has 25 heavy (non-hydrogen) atoms. The zero-order valence-corrected chi connectivity index (χ0v) is 13.5. The number of halogens is 2. The normalized spacial score (nSPS) is 9.84. The molecule has 0 N–H and O–H groups in total. The summed E-state index contributed by atoms with van der Waals surface area (Å²) >= 11 is 0. The maximum absolute atomic E-state index is 14.1. The molecule has 0 heterocycles. The fourth-order valence-electron chi connectivity index (χ4n) is 2.55. The third-order valence-corrected chi connectivity index (χ3v) is 3.89. The van der Waals surface area contributed by atoms with Gasteiger partial charge in [-0.15, -0.1) is 0 Å². The van der Waals surface area contributed by atoms with Gasteiger partial charge in [-0.05, 0) is 47.2 Å². The molecule has 3 aromatic carbocycles. The second-order valence-corrected chi connectivity index (χ2v) is 5.62. The van der Waals surface area contributed by atoms with Gasteiger partial charge < -0.3 is 0 Å². The molecule has 0 unspecified atom stereocenters. The van der Waals surface area contributed by atoms with Crippen molar-refractivity contribution in [1.29, 1.82) is 5.26 Å². The Morgan fingerprint density at radius 3 is 1.64 bits per heavy atom. The van der Waals surface area contributed by atoms with Crippen molar-refractivity contribution in [3.63, 3.8) is 0 Å². The minimum absolute atomic E-state index is 0.387. The first-order valence-corrected chi connectivity index (χ1v) is 7.65. The van der Waals surface area contributed by atoms with Gasteiger partial charge in [0.1, 0.15) is 11.6 Å². The SMILES string of the molecule is Cc1ccc(-c2ccc(-c3cc(F)c(C#CC#N)c(F)c3)cc2)cc1. The van der Waals surface area contributed by atoms with Crippen LogP contribution in [0.3, 0.4) is 0 Å². The van der Waals surface area contributed by atoms with E-state index in [2.05, 4.69) is 5.92 Å². The van der Waals surface area contributed by atoms with Crippen LogP contribution in [0.1, 0.15) is 11.1 Å². The first-order valence-electron chi connectivity index (χ1n) is 7.65. The van der Waals surface area contributed by atoms with Gasteiger partial charge in [0.25, 0.3) is 0 Å². The molecule has 0 aliphatic heterocycles. The van der Waals surface area contributed by atoms with Crippen molar-refractivity contribution in [3.8, 4) is 40.2 Å². The number of benzene rings is 3. The summed E-state index contributed by atoms with van der Waals surface area (Å²) in [5.41, 5.74) is 4.03. The van der Waals surface area contributed by atoms with Crippen LogP contribution in [0.2, 0.25) is 0 Å². The number of hydrogen-bond donors (Lipinski definition) is 0. The predicted molar refractivity (Wildman–Crippen MR) is 94.5 cm³/mol. The van der Waals surface area contributed by atoms with Crippen LogP contribution >= 0.6 is 0 Å². The van der Waals surface area contributed by atoms with Crippen LogP contribution in [0.5, 0.6) is 0 Å². The minimum atomic E-state index is -0.777. The first kappa shape index (κ1) is 16.4. The topological polar surface area (TPSA) is 23.8 Å². The largest absolute Gasteiger partial charge is 0.205 e. The highest BCUT2D eigenvalue weighted by Crippen LogP contribution is 2.27. The van der Waals surface area contributed by atoms with E-state index in [1.807, 2.05) is 61.4 Å². The highest BCUT2D eigenvalue weighted by molar-refractivity contribution is 5.71. The number of hydrogen-bond acceptors (Lipinski definition) is 1. The lowest BCUT2D eigenvalue weighted by atomic mass is 9.98. The lowest BCUT2D eigenvalue weighted by molar-refractivity contribution is 0.578. The second-order valence-electron chi connectivity index (χ2n) is 5.62. The third kappa shape index (κ3) is 3.57. The summed E-state index contributed by atoms with van der Waals surface area (Å²) in [6.45, 7) is 2.03.